The van der Waals surface area contributed by atoms with Gasteiger partial charge >= 0.3 is 11.9 Å². The minimum absolute atomic E-state index is 0.0256. The quantitative estimate of drug-likeness (QED) is 0.553. The van der Waals surface area contributed by atoms with E-state index in [0.29, 0.717) is 11.1 Å². The SMILES string of the molecule is COC(=O)[C@H](c1ccccc1)[C@H](C1=C(O)/C(=C\c2ccccc2)OC1=O)c1ccccc1. The average molecular weight is 426 g/mol. The van der Waals surface area contributed by atoms with Crippen LogP contribution in [-0.2, 0) is 19.1 Å². The second kappa shape index (κ2) is 9.35. The van der Waals surface area contributed by atoms with Gasteiger partial charge in [0, 0.05) is 5.92 Å². The summed E-state index contributed by atoms with van der Waals surface area (Å²) in [6.45, 7) is 0. The molecular weight excluding hydrogens is 404 g/mol. The fraction of sp³-hybridized carbons (Fsp3) is 0.111. The molecule has 1 aliphatic rings. The van der Waals surface area contributed by atoms with Gasteiger partial charge in [-0.25, -0.2) is 4.79 Å². The normalized spacial score (nSPS) is 16.5. The lowest BCUT2D eigenvalue weighted by molar-refractivity contribution is -0.143. The van der Waals surface area contributed by atoms with Gasteiger partial charge in [0.1, 0.15) is 0 Å². The molecule has 0 aliphatic carbocycles. The van der Waals surface area contributed by atoms with E-state index in [-0.39, 0.29) is 17.1 Å². The first-order valence-corrected chi connectivity index (χ1v) is 10.2. The highest BCUT2D eigenvalue weighted by Gasteiger charge is 2.43. The third kappa shape index (κ3) is 4.18. The lowest BCUT2D eigenvalue weighted by atomic mass is 9.76. The average Bonchev–Trinajstić information content (AvgIpc) is 3.11. The lowest BCUT2D eigenvalue weighted by Crippen LogP contribution is -2.25. The van der Waals surface area contributed by atoms with E-state index in [9.17, 15) is 14.7 Å². The summed E-state index contributed by atoms with van der Waals surface area (Å²) < 4.78 is 10.5. The molecule has 0 fully saturated rings. The van der Waals surface area contributed by atoms with Crippen molar-refractivity contribution in [2.24, 2.45) is 0 Å². The van der Waals surface area contributed by atoms with E-state index in [0.717, 1.165) is 5.56 Å². The number of ether oxygens (including phenoxy) is 2. The highest BCUT2D eigenvalue weighted by Crippen LogP contribution is 2.44. The highest BCUT2D eigenvalue weighted by molar-refractivity contribution is 5.98. The van der Waals surface area contributed by atoms with Gasteiger partial charge in [-0.05, 0) is 22.8 Å². The molecule has 1 heterocycles. The van der Waals surface area contributed by atoms with Crippen molar-refractivity contribution in [3.8, 4) is 0 Å². The van der Waals surface area contributed by atoms with E-state index in [1.54, 1.807) is 18.2 Å². The van der Waals surface area contributed by atoms with Gasteiger partial charge in [0.15, 0.2) is 11.5 Å². The Hall–Kier alpha value is -4.12. The Morgan fingerprint density at radius 1 is 0.875 bits per heavy atom. The molecule has 0 saturated carbocycles. The van der Waals surface area contributed by atoms with Crippen LogP contribution in [0, 0.1) is 0 Å². The lowest BCUT2D eigenvalue weighted by Gasteiger charge is -2.26. The smallest absolute Gasteiger partial charge is 0.344 e. The van der Waals surface area contributed by atoms with Crippen molar-refractivity contribution < 1.29 is 24.2 Å². The molecule has 32 heavy (non-hydrogen) atoms. The number of hydrogen-bond acceptors (Lipinski definition) is 5. The molecule has 3 aromatic rings. The number of cyclic esters (lactones) is 1. The van der Waals surface area contributed by atoms with Gasteiger partial charge in [0.05, 0.1) is 18.6 Å². The molecule has 0 aromatic heterocycles. The van der Waals surface area contributed by atoms with Crippen molar-refractivity contribution in [1.29, 1.82) is 0 Å². The maximum atomic E-state index is 13.0. The summed E-state index contributed by atoms with van der Waals surface area (Å²) in [5.41, 5.74) is 2.15. The van der Waals surface area contributed by atoms with Crippen LogP contribution in [0.1, 0.15) is 28.5 Å². The second-order valence-corrected chi connectivity index (χ2v) is 7.37. The molecule has 0 bridgehead atoms. The molecule has 0 spiro atoms. The Bertz CT molecular complexity index is 1160. The first-order chi connectivity index (χ1) is 15.6. The predicted octanol–water partition coefficient (Wildman–Crippen LogP) is 5.14. The van der Waals surface area contributed by atoms with E-state index < -0.39 is 23.8 Å². The van der Waals surface area contributed by atoms with E-state index in [4.69, 9.17) is 9.47 Å². The molecule has 3 aromatic carbocycles. The van der Waals surface area contributed by atoms with E-state index >= 15 is 0 Å². The summed E-state index contributed by atoms with van der Waals surface area (Å²) in [6.07, 6.45) is 1.60. The van der Waals surface area contributed by atoms with Crippen LogP contribution in [0.25, 0.3) is 6.08 Å². The number of esters is 2. The third-order valence-corrected chi connectivity index (χ3v) is 5.43. The monoisotopic (exact) mass is 426 g/mol. The Balaban J connectivity index is 1.90. The summed E-state index contributed by atoms with van der Waals surface area (Å²) in [6, 6.07) is 27.4. The van der Waals surface area contributed by atoms with Gasteiger partial charge in [-0.1, -0.05) is 91.0 Å². The number of hydrogen-bond donors (Lipinski definition) is 1. The Morgan fingerprint density at radius 3 is 1.97 bits per heavy atom. The fourth-order valence-electron chi connectivity index (χ4n) is 3.94. The molecular formula is C27H22O5. The molecule has 0 radical (unpaired) electrons. The number of aliphatic hydroxyl groups is 1. The predicted molar refractivity (Wildman–Crippen MR) is 121 cm³/mol. The number of aliphatic hydroxyl groups excluding tert-OH is 1. The van der Waals surface area contributed by atoms with Crippen LogP contribution < -0.4 is 0 Å². The first-order valence-electron chi connectivity index (χ1n) is 10.2. The van der Waals surface area contributed by atoms with Crippen LogP contribution in [0.5, 0.6) is 0 Å². The van der Waals surface area contributed by atoms with Gasteiger partial charge in [-0.3, -0.25) is 4.79 Å². The minimum atomic E-state index is -0.857. The second-order valence-electron chi connectivity index (χ2n) is 7.37. The first kappa shape index (κ1) is 21.1. The van der Waals surface area contributed by atoms with Crippen molar-refractivity contribution in [1.82, 2.24) is 0 Å². The maximum absolute atomic E-state index is 13.0. The Morgan fingerprint density at radius 2 is 1.41 bits per heavy atom. The fourth-order valence-corrected chi connectivity index (χ4v) is 3.94. The molecule has 160 valence electrons. The molecule has 0 amide bonds. The summed E-state index contributed by atoms with van der Waals surface area (Å²) in [4.78, 5) is 26.0. The van der Waals surface area contributed by atoms with E-state index in [1.807, 2.05) is 78.9 Å². The molecule has 0 saturated heterocycles. The van der Waals surface area contributed by atoms with Crippen molar-refractivity contribution >= 4 is 18.0 Å². The molecule has 1 N–H and O–H groups in total. The molecule has 4 rings (SSSR count). The van der Waals surface area contributed by atoms with Crippen LogP contribution in [0.15, 0.2) is 108 Å². The molecule has 2 atom stereocenters. The van der Waals surface area contributed by atoms with Crippen molar-refractivity contribution in [3.05, 3.63) is 125 Å². The van der Waals surface area contributed by atoms with Gasteiger partial charge in [-0.2, -0.15) is 0 Å². The van der Waals surface area contributed by atoms with E-state index in [1.165, 1.54) is 7.11 Å². The van der Waals surface area contributed by atoms with Crippen LogP contribution in [0.3, 0.4) is 0 Å². The number of carbonyl (C=O) groups excluding carboxylic acids is 2. The Labute approximate surface area is 186 Å². The van der Waals surface area contributed by atoms with Crippen LogP contribution in [0.4, 0.5) is 0 Å². The van der Waals surface area contributed by atoms with Gasteiger partial charge < -0.3 is 14.6 Å². The summed E-state index contributed by atoms with van der Waals surface area (Å²) in [5, 5.41) is 11.1. The summed E-state index contributed by atoms with van der Waals surface area (Å²) in [7, 11) is 1.31. The number of methoxy groups -OCH3 is 1. The minimum Gasteiger partial charge on any atom is -0.504 e. The van der Waals surface area contributed by atoms with Crippen molar-refractivity contribution in [2.45, 2.75) is 11.8 Å². The molecule has 5 heteroatoms. The third-order valence-electron chi connectivity index (χ3n) is 5.43. The Kier molecular flexibility index (Phi) is 6.17. The standard InChI is InChI=1S/C27H22O5/c1-31-26(29)23(20-15-9-4-10-16-20)22(19-13-7-3-8-14-19)24-25(28)21(32-27(24)30)17-18-11-5-2-6-12-18/h2-17,22-23,28H,1H3/b21-17+/t22-,23-/m1/s1. The summed E-state index contributed by atoms with van der Waals surface area (Å²) in [5.74, 6) is -3.10. The molecule has 5 nitrogen and oxygen atoms in total. The zero-order valence-electron chi connectivity index (χ0n) is 17.5. The number of rotatable bonds is 6. The largest absolute Gasteiger partial charge is 0.504 e. The zero-order valence-corrected chi connectivity index (χ0v) is 17.5. The number of carbonyl (C=O) groups is 2. The van der Waals surface area contributed by atoms with Crippen molar-refractivity contribution in [3.63, 3.8) is 0 Å². The van der Waals surface area contributed by atoms with Crippen molar-refractivity contribution in [2.75, 3.05) is 7.11 Å². The van der Waals surface area contributed by atoms with Gasteiger partial charge in [-0.15, -0.1) is 0 Å². The highest BCUT2D eigenvalue weighted by atomic mass is 16.6. The molecule has 0 unspecified atom stereocenters. The topological polar surface area (TPSA) is 72.8 Å². The molecule has 1 aliphatic heterocycles. The zero-order chi connectivity index (χ0) is 22.5. The van der Waals surface area contributed by atoms with Crippen LogP contribution in [-0.4, -0.2) is 24.2 Å². The van der Waals surface area contributed by atoms with Gasteiger partial charge in [0.25, 0.3) is 0 Å². The van der Waals surface area contributed by atoms with E-state index in [2.05, 4.69) is 0 Å². The van der Waals surface area contributed by atoms with Crippen LogP contribution in [0.2, 0.25) is 0 Å². The maximum Gasteiger partial charge on any atom is 0.344 e. The van der Waals surface area contributed by atoms with Crippen LogP contribution >= 0.6 is 0 Å². The van der Waals surface area contributed by atoms with Gasteiger partial charge in [0.2, 0.25) is 0 Å². The summed E-state index contributed by atoms with van der Waals surface area (Å²) >= 11 is 0. The number of benzene rings is 3.